The molecule has 10 heteroatoms. The Morgan fingerprint density at radius 3 is 2.79 bits per heavy atom. The van der Waals surface area contributed by atoms with Crippen LogP contribution in [0.1, 0.15) is 18.5 Å². The zero-order chi connectivity index (χ0) is 20.4. The summed E-state index contributed by atoms with van der Waals surface area (Å²) in [5, 5.41) is 15.0. The third-order valence-corrected chi connectivity index (χ3v) is 3.87. The largest absolute Gasteiger partial charge is 0.484 e. The molecular formula is C18H20ClFN4O4. The predicted octanol–water partition coefficient (Wildman–Crippen LogP) is 1.22. The number of benzene rings is 1. The number of nitrogens with zero attached hydrogens (tertiary/aromatic N) is 2. The number of aliphatic hydroxyl groups is 1. The summed E-state index contributed by atoms with van der Waals surface area (Å²) in [5.41, 5.74) is 0.609. The molecule has 0 saturated heterocycles. The van der Waals surface area contributed by atoms with E-state index in [2.05, 4.69) is 20.6 Å². The maximum absolute atomic E-state index is 13.3. The van der Waals surface area contributed by atoms with Gasteiger partial charge >= 0.3 is 0 Å². The van der Waals surface area contributed by atoms with E-state index >= 15 is 0 Å². The molecule has 8 nitrogen and oxygen atoms in total. The van der Waals surface area contributed by atoms with Gasteiger partial charge in [-0.15, -0.1) is 0 Å². The fourth-order valence-electron chi connectivity index (χ4n) is 2.14. The molecule has 1 atom stereocenters. The number of nitrogens with one attached hydrogen (secondary N) is 2. The first kappa shape index (κ1) is 21.5. The van der Waals surface area contributed by atoms with Crippen molar-refractivity contribution in [3.63, 3.8) is 0 Å². The highest BCUT2D eigenvalue weighted by atomic mass is 35.5. The van der Waals surface area contributed by atoms with E-state index in [4.69, 9.17) is 16.3 Å². The average Bonchev–Trinajstić information content (AvgIpc) is 2.68. The van der Waals surface area contributed by atoms with Crippen LogP contribution in [0, 0.1) is 5.82 Å². The second kappa shape index (κ2) is 11.2. The standard InChI is InChI=1S/C18H20ClFN4O4/c19-15-2-1-14(8-16(15)20)28-11-18(27)23-4-3-13(25)7-17(26)24-10-12-9-21-5-6-22-12/h1-2,5-6,8-9,13,25H,3-4,7,10-11H2,(H,23,27)(H,24,26). The van der Waals surface area contributed by atoms with Gasteiger partial charge in [-0.25, -0.2) is 4.39 Å². The van der Waals surface area contributed by atoms with E-state index in [1.807, 2.05) is 0 Å². The normalized spacial score (nSPS) is 11.5. The van der Waals surface area contributed by atoms with Gasteiger partial charge in [0.15, 0.2) is 6.61 Å². The van der Waals surface area contributed by atoms with Crippen LogP contribution in [0.15, 0.2) is 36.8 Å². The van der Waals surface area contributed by atoms with Gasteiger partial charge in [0.25, 0.3) is 5.91 Å². The van der Waals surface area contributed by atoms with E-state index < -0.39 is 17.8 Å². The van der Waals surface area contributed by atoms with Crippen molar-refractivity contribution in [3.8, 4) is 5.75 Å². The number of halogens is 2. The summed E-state index contributed by atoms with van der Waals surface area (Å²) in [6.45, 7) is 0.0737. The number of hydrogen-bond acceptors (Lipinski definition) is 6. The number of carbonyl (C=O) groups excluding carboxylic acids is 2. The molecule has 0 fully saturated rings. The van der Waals surface area contributed by atoms with Crippen molar-refractivity contribution in [2.75, 3.05) is 13.2 Å². The van der Waals surface area contributed by atoms with Gasteiger partial charge in [0.2, 0.25) is 5.91 Å². The number of rotatable bonds is 10. The van der Waals surface area contributed by atoms with E-state index in [1.54, 1.807) is 0 Å². The lowest BCUT2D eigenvalue weighted by molar-refractivity contribution is -0.123. The summed E-state index contributed by atoms with van der Waals surface area (Å²) >= 11 is 5.56. The molecular weight excluding hydrogens is 391 g/mol. The fourth-order valence-corrected chi connectivity index (χ4v) is 2.26. The number of aromatic nitrogens is 2. The van der Waals surface area contributed by atoms with Crippen molar-refractivity contribution in [3.05, 3.63) is 53.3 Å². The number of hydrogen-bond donors (Lipinski definition) is 3. The molecule has 0 aliphatic heterocycles. The molecule has 150 valence electrons. The van der Waals surface area contributed by atoms with E-state index in [9.17, 15) is 19.1 Å². The molecule has 28 heavy (non-hydrogen) atoms. The Hall–Kier alpha value is -2.78. The number of aliphatic hydroxyl groups excluding tert-OH is 1. The second-order valence-corrected chi connectivity index (χ2v) is 6.24. The predicted molar refractivity (Wildman–Crippen MR) is 99.0 cm³/mol. The van der Waals surface area contributed by atoms with Crippen LogP contribution < -0.4 is 15.4 Å². The van der Waals surface area contributed by atoms with Crippen molar-refractivity contribution in [1.29, 1.82) is 0 Å². The molecule has 0 saturated carbocycles. The van der Waals surface area contributed by atoms with E-state index in [1.165, 1.54) is 30.7 Å². The highest BCUT2D eigenvalue weighted by molar-refractivity contribution is 6.30. The Morgan fingerprint density at radius 1 is 1.25 bits per heavy atom. The molecule has 1 unspecified atom stereocenters. The van der Waals surface area contributed by atoms with Crippen molar-refractivity contribution >= 4 is 23.4 Å². The minimum atomic E-state index is -0.909. The van der Waals surface area contributed by atoms with Gasteiger partial charge < -0.3 is 20.5 Å². The van der Waals surface area contributed by atoms with Crippen molar-refractivity contribution in [2.45, 2.75) is 25.5 Å². The number of carbonyl (C=O) groups is 2. The maximum atomic E-state index is 13.3. The zero-order valence-electron chi connectivity index (χ0n) is 14.9. The number of amides is 2. The Morgan fingerprint density at radius 2 is 2.07 bits per heavy atom. The minimum absolute atomic E-state index is 0.0356. The maximum Gasteiger partial charge on any atom is 0.257 e. The highest BCUT2D eigenvalue weighted by Crippen LogP contribution is 2.20. The smallest absolute Gasteiger partial charge is 0.257 e. The minimum Gasteiger partial charge on any atom is -0.484 e. The lowest BCUT2D eigenvalue weighted by Crippen LogP contribution is -2.33. The summed E-state index contributed by atoms with van der Waals surface area (Å²) in [5.74, 6) is -1.23. The van der Waals surface area contributed by atoms with Crippen LogP contribution in [0.2, 0.25) is 5.02 Å². The van der Waals surface area contributed by atoms with Crippen LogP contribution >= 0.6 is 11.6 Å². The van der Waals surface area contributed by atoms with Crippen LogP contribution in [-0.4, -0.2) is 46.1 Å². The SMILES string of the molecule is O=C(COc1ccc(Cl)c(F)c1)NCCC(O)CC(=O)NCc1cnccn1. The quantitative estimate of drug-likeness (QED) is 0.542. The first-order valence-corrected chi connectivity index (χ1v) is 8.86. The Bertz CT molecular complexity index is 794. The summed E-state index contributed by atoms with van der Waals surface area (Å²) in [4.78, 5) is 31.4. The molecule has 0 aliphatic carbocycles. The molecule has 2 amide bonds. The molecule has 2 rings (SSSR count). The third kappa shape index (κ3) is 7.85. The van der Waals surface area contributed by atoms with Gasteiger partial charge in [0.1, 0.15) is 11.6 Å². The topological polar surface area (TPSA) is 113 Å². The van der Waals surface area contributed by atoms with Crippen LogP contribution in [-0.2, 0) is 16.1 Å². The second-order valence-electron chi connectivity index (χ2n) is 5.83. The Balaban J connectivity index is 1.59. The summed E-state index contributed by atoms with van der Waals surface area (Å²) in [6, 6.07) is 3.86. The van der Waals surface area contributed by atoms with Crippen LogP contribution in [0.4, 0.5) is 4.39 Å². The molecule has 0 bridgehead atoms. The highest BCUT2D eigenvalue weighted by Gasteiger charge is 2.12. The molecule has 1 aromatic heterocycles. The summed E-state index contributed by atoms with van der Waals surface area (Å²) < 4.78 is 18.4. The molecule has 2 aromatic rings. The van der Waals surface area contributed by atoms with E-state index in [-0.39, 0.29) is 49.2 Å². The molecule has 0 aliphatic rings. The van der Waals surface area contributed by atoms with Crippen LogP contribution in [0.5, 0.6) is 5.75 Å². The van der Waals surface area contributed by atoms with Gasteiger partial charge in [-0.05, 0) is 18.6 Å². The first-order chi connectivity index (χ1) is 13.4. The molecule has 1 heterocycles. The lowest BCUT2D eigenvalue weighted by atomic mass is 10.2. The van der Waals surface area contributed by atoms with Gasteiger partial charge in [0, 0.05) is 25.0 Å². The Kier molecular flexibility index (Phi) is 8.57. The lowest BCUT2D eigenvalue weighted by Gasteiger charge is -2.12. The van der Waals surface area contributed by atoms with Gasteiger partial charge in [-0.1, -0.05) is 11.6 Å². The molecule has 0 radical (unpaired) electrons. The van der Waals surface area contributed by atoms with Crippen molar-refractivity contribution in [1.82, 2.24) is 20.6 Å². The van der Waals surface area contributed by atoms with Crippen LogP contribution in [0.25, 0.3) is 0 Å². The van der Waals surface area contributed by atoms with Crippen LogP contribution in [0.3, 0.4) is 0 Å². The van der Waals surface area contributed by atoms with Gasteiger partial charge in [0.05, 0.1) is 36.0 Å². The zero-order valence-corrected chi connectivity index (χ0v) is 15.7. The third-order valence-electron chi connectivity index (χ3n) is 3.57. The molecule has 3 N–H and O–H groups in total. The fraction of sp³-hybridized carbons (Fsp3) is 0.333. The first-order valence-electron chi connectivity index (χ1n) is 8.48. The summed E-state index contributed by atoms with van der Waals surface area (Å²) in [6.07, 6.45) is 3.77. The van der Waals surface area contributed by atoms with Crippen molar-refractivity contribution in [2.24, 2.45) is 0 Å². The number of ether oxygens (including phenoxy) is 1. The average molecular weight is 411 g/mol. The van der Waals surface area contributed by atoms with E-state index in [0.717, 1.165) is 6.07 Å². The van der Waals surface area contributed by atoms with Crippen molar-refractivity contribution < 1.29 is 23.8 Å². The molecule has 1 aromatic carbocycles. The summed E-state index contributed by atoms with van der Waals surface area (Å²) in [7, 11) is 0. The Labute approximate surface area is 166 Å². The van der Waals surface area contributed by atoms with E-state index in [0.29, 0.717) is 5.69 Å². The van der Waals surface area contributed by atoms with Gasteiger partial charge in [-0.3, -0.25) is 19.6 Å². The molecule has 0 spiro atoms. The van der Waals surface area contributed by atoms with Gasteiger partial charge in [-0.2, -0.15) is 0 Å². The monoisotopic (exact) mass is 410 g/mol.